The Hall–Kier alpha value is -4.02. The molecule has 3 rings (SSSR count). The van der Waals surface area contributed by atoms with E-state index in [0.29, 0.717) is 11.5 Å². The number of pyridine rings is 1. The zero-order valence-corrected chi connectivity index (χ0v) is 16.1. The first-order chi connectivity index (χ1) is 14.2. The summed E-state index contributed by atoms with van der Waals surface area (Å²) in [4.78, 5) is 29.9. The molecule has 156 valence electrons. The lowest BCUT2D eigenvalue weighted by atomic mass is 10.1. The Bertz CT molecular complexity index is 1080. The minimum atomic E-state index is -0.866. The fourth-order valence-electron chi connectivity index (χ4n) is 2.56. The molecule has 0 unspecified atom stereocenters. The molecule has 2 heterocycles. The number of benzene rings is 1. The Morgan fingerprint density at radius 2 is 1.90 bits per heavy atom. The van der Waals surface area contributed by atoms with Crippen LogP contribution in [0.2, 0.25) is 0 Å². The minimum Gasteiger partial charge on any atom is -0.503 e. The Kier molecular flexibility index (Phi) is 5.90. The Labute approximate surface area is 170 Å². The smallest absolute Gasteiger partial charge is 0.272 e. The van der Waals surface area contributed by atoms with E-state index in [1.54, 1.807) is 6.92 Å². The van der Waals surface area contributed by atoms with Gasteiger partial charge in [0.2, 0.25) is 11.8 Å². The van der Waals surface area contributed by atoms with Gasteiger partial charge in [0.15, 0.2) is 5.75 Å². The van der Waals surface area contributed by atoms with Crippen molar-refractivity contribution in [3.05, 3.63) is 64.8 Å². The third-order valence-corrected chi connectivity index (χ3v) is 4.09. The SMILES string of the molecule is Cc1nnc(CN(C)C(=O)c2cc(C(=O)NCc3ccc(F)cc3)c(O)c(O)n2)o1. The second-order valence-corrected chi connectivity index (χ2v) is 6.41. The van der Waals surface area contributed by atoms with Crippen molar-refractivity contribution < 1.29 is 28.6 Å². The van der Waals surface area contributed by atoms with E-state index in [0.717, 1.165) is 6.07 Å². The zero-order chi connectivity index (χ0) is 21.8. The number of aromatic nitrogens is 3. The average molecular weight is 415 g/mol. The van der Waals surface area contributed by atoms with Crippen LogP contribution < -0.4 is 5.32 Å². The molecule has 3 aromatic rings. The van der Waals surface area contributed by atoms with Gasteiger partial charge in [0.25, 0.3) is 17.7 Å². The lowest BCUT2D eigenvalue weighted by Gasteiger charge is -2.15. The molecular formula is C19H18FN5O5. The van der Waals surface area contributed by atoms with Crippen LogP contribution in [0.15, 0.2) is 34.7 Å². The molecule has 2 aromatic heterocycles. The van der Waals surface area contributed by atoms with Gasteiger partial charge in [-0.05, 0) is 23.8 Å². The predicted octanol–water partition coefficient (Wildman–Crippen LogP) is 1.53. The standard InChI is InChI=1S/C19H18FN5O5/c1-10-23-24-15(30-10)9-25(2)19(29)14-7-13(16(26)18(28)22-14)17(27)21-8-11-3-5-12(20)6-4-11/h3-7,26H,8-9H2,1-2H3,(H,21,27)(H,22,28). The molecule has 1 aromatic carbocycles. The molecule has 0 spiro atoms. The van der Waals surface area contributed by atoms with E-state index in [1.807, 2.05) is 0 Å². The van der Waals surface area contributed by atoms with Crippen LogP contribution in [-0.2, 0) is 13.1 Å². The number of carbonyl (C=O) groups excluding carboxylic acids is 2. The lowest BCUT2D eigenvalue weighted by molar-refractivity contribution is 0.0765. The fourth-order valence-corrected chi connectivity index (χ4v) is 2.56. The highest BCUT2D eigenvalue weighted by atomic mass is 19.1. The zero-order valence-electron chi connectivity index (χ0n) is 16.1. The molecule has 11 heteroatoms. The monoisotopic (exact) mass is 415 g/mol. The molecule has 0 aliphatic rings. The van der Waals surface area contributed by atoms with Crippen LogP contribution in [0.1, 0.15) is 38.2 Å². The van der Waals surface area contributed by atoms with E-state index in [4.69, 9.17) is 4.42 Å². The number of aromatic hydroxyl groups is 2. The third kappa shape index (κ3) is 4.69. The normalized spacial score (nSPS) is 10.6. The van der Waals surface area contributed by atoms with Crippen molar-refractivity contribution in [2.24, 2.45) is 0 Å². The maximum Gasteiger partial charge on any atom is 0.272 e. The van der Waals surface area contributed by atoms with Gasteiger partial charge in [0.05, 0.1) is 12.1 Å². The molecule has 30 heavy (non-hydrogen) atoms. The van der Waals surface area contributed by atoms with Crippen LogP contribution in [0.25, 0.3) is 0 Å². The van der Waals surface area contributed by atoms with Gasteiger partial charge in [-0.15, -0.1) is 10.2 Å². The summed E-state index contributed by atoms with van der Waals surface area (Å²) >= 11 is 0. The van der Waals surface area contributed by atoms with Crippen molar-refractivity contribution >= 4 is 11.8 Å². The molecule has 2 amide bonds. The van der Waals surface area contributed by atoms with Gasteiger partial charge < -0.3 is 24.8 Å². The number of hydrogen-bond donors (Lipinski definition) is 3. The van der Waals surface area contributed by atoms with Crippen LogP contribution in [0.5, 0.6) is 11.6 Å². The van der Waals surface area contributed by atoms with E-state index in [9.17, 15) is 24.2 Å². The third-order valence-electron chi connectivity index (χ3n) is 4.09. The van der Waals surface area contributed by atoms with Gasteiger partial charge in [0, 0.05) is 20.5 Å². The number of nitrogens with one attached hydrogen (secondary N) is 1. The summed E-state index contributed by atoms with van der Waals surface area (Å²) in [6, 6.07) is 6.53. The number of aryl methyl sites for hydroxylation is 1. The predicted molar refractivity (Wildman–Crippen MR) is 100.0 cm³/mol. The van der Waals surface area contributed by atoms with Crippen LogP contribution in [0.4, 0.5) is 4.39 Å². The molecule has 0 saturated heterocycles. The second-order valence-electron chi connectivity index (χ2n) is 6.41. The summed E-state index contributed by atoms with van der Waals surface area (Å²) in [5.74, 6) is -2.90. The van der Waals surface area contributed by atoms with Crippen LogP contribution >= 0.6 is 0 Å². The fraction of sp³-hybridized carbons (Fsp3) is 0.211. The summed E-state index contributed by atoms with van der Waals surface area (Å²) in [5, 5.41) is 29.9. The Morgan fingerprint density at radius 3 is 2.53 bits per heavy atom. The molecule has 10 nitrogen and oxygen atoms in total. The van der Waals surface area contributed by atoms with E-state index >= 15 is 0 Å². The van der Waals surface area contributed by atoms with E-state index in [-0.39, 0.29) is 30.2 Å². The van der Waals surface area contributed by atoms with Crippen LogP contribution in [0.3, 0.4) is 0 Å². The first-order valence-corrected chi connectivity index (χ1v) is 8.74. The number of carbonyl (C=O) groups is 2. The van der Waals surface area contributed by atoms with E-state index < -0.39 is 29.3 Å². The van der Waals surface area contributed by atoms with Crippen molar-refractivity contribution in [3.63, 3.8) is 0 Å². The molecular weight excluding hydrogens is 397 g/mol. The van der Waals surface area contributed by atoms with Crippen molar-refractivity contribution in [3.8, 4) is 11.6 Å². The second kappa shape index (κ2) is 8.55. The molecule has 0 fully saturated rings. The molecule has 0 bridgehead atoms. The molecule has 0 aliphatic carbocycles. The molecule has 0 atom stereocenters. The van der Waals surface area contributed by atoms with Gasteiger partial charge in [-0.2, -0.15) is 0 Å². The van der Waals surface area contributed by atoms with Gasteiger partial charge in [-0.25, -0.2) is 9.37 Å². The molecule has 0 saturated carbocycles. The lowest BCUT2D eigenvalue weighted by Crippen LogP contribution is -2.28. The van der Waals surface area contributed by atoms with E-state index in [2.05, 4.69) is 20.5 Å². The van der Waals surface area contributed by atoms with E-state index in [1.165, 1.54) is 36.2 Å². The summed E-state index contributed by atoms with van der Waals surface area (Å²) < 4.78 is 18.2. The maximum atomic E-state index is 13.0. The Balaban J connectivity index is 1.76. The maximum absolute atomic E-state index is 13.0. The van der Waals surface area contributed by atoms with Gasteiger partial charge in [-0.3, -0.25) is 9.59 Å². The van der Waals surface area contributed by atoms with Crippen LogP contribution in [0, 0.1) is 12.7 Å². The highest BCUT2D eigenvalue weighted by molar-refractivity contribution is 6.01. The number of rotatable bonds is 6. The average Bonchev–Trinajstić information content (AvgIpc) is 3.13. The highest BCUT2D eigenvalue weighted by Crippen LogP contribution is 2.28. The minimum absolute atomic E-state index is 0.0188. The topological polar surface area (TPSA) is 142 Å². The quantitative estimate of drug-likeness (QED) is 0.550. The Morgan fingerprint density at radius 1 is 1.20 bits per heavy atom. The van der Waals surface area contributed by atoms with Gasteiger partial charge in [0.1, 0.15) is 11.5 Å². The highest BCUT2D eigenvalue weighted by Gasteiger charge is 2.23. The summed E-state index contributed by atoms with van der Waals surface area (Å²) in [7, 11) is 1.45. The molecule has 0 radical (unpaired) electrons. The van der Waals surface area contributed by atoms with Crippen molar-refractivity contribution in [1.82, 2.24) is 25.4 Å². The van der Waals surface area contributed by atoms with Crippen molar-refractivity contribution in [2.45, 2.75) is 20.0 Å². The largest absolute Gasteiger partial charge is 0.503 e. The number of nitrogens with zero attached hydrogens (tertiary/aromatic N) is 4. The first kappa shape index (κ1) is 20.7. The van der Waals surface area contributed by atoms with Crippen LogP contribution in [-0.4, -0.2) is 49.2 Å². The number of amides is 2. The summed E-state index contributed by atoms with van der Waals surface area (Å²) in [6.45, 7) is 1.63. The first-order valence-electron chi connectivity index (χ1n) is 8.74. The van der Waals surface area contributed by atoms with Crippen molar-refractivity contribution in [1.29, 1.82) is 0 Å². The molecule has 3 N–H and O–H groups in total. The number of halogens is 1. The number of hydrogen-bond acceptors (Lipinski definition) is 8. The van der Waals surface area contributed by atoms with Crippen molar-refractivity contribution in [2.75, 3.05) is 7.05 Å². The molecule has 0 aliphatic heterocycles. The summed E-state index contributed by atoms with van der Waals surface area (Å²) in [6.07, 6.45) is 0. The van der Waals surface area contributed by atoms with Gasteiger partial charge in [-0.1, -0.05) is 12.1 Å². The van der Waals surface area contributed by atoms with Gasteiger partial charge >= 0.3 is 0 Å². The summed E-state index contributed by atoms with van der Waals surface area (Å²) in [5.41, 5.74) is 0.0133.